The molecule has 6 aromatic rings. The molecule has 2 aromatic heterocycles. The third-order valence-electron chi connectivity index (χ3n) is 5.22. The second kappa shape index (κ2) is 6.24. The van der Waals surface area contributed by atoms with Crippen molar-refractivity contribution in [2.75, 3.05) is 0 Å². The molecule has 0 atom stereocenters. The fourth-order valence-corrected chi connectivity index (χ4v) is 3.81. The van der Waals surface area contributed by atoms with Gasteiger partial charge in [0, 0.05) is 27.3 Å². The minimum absolute atomic E-state index is 0.649. The number of fused-ring (bicyclic) bond motifs is 5. The van der Waals surface area contributed by atoms with Crippen LogP contribution in [0, 0.1) is 0 Å². The van der Waals surface area contributed by atoms with Crippen molar-refractivity contribution in [2.45, 2.75) is 0 Å². The van der Waals surface area contributed by atoms with Crippen LogP contribution in [0.25, 0.3) is 55.5 Å². The first-order valence-corrected chi connectivity index (χ1v) is 9.46. The van der Waals surface area contributed by atoms with Gasteiger partial charge in [-0.05, 0) is 29.7 Å². The summed E-state index contributed by atoms with van der Waals surface area (Å²) in [5, 5.41) is 4.45. The smallest absolute Gasteiger partial charge is 0.163 e. The van der Waals surface area contributed by atoms with Crippen LogP contribution in [-0.2, 0) is 0 Å². The zero-order valence-corrected chi connectivity index (χ0v) is 15.4. The molecule has 6 rings (SSSR count). The first kappa shape index (κ1) is 16.0. The molecule has 4 aromatic carbocycles. The van der Waals surface area contributed by atoms with Crippen LogP contribution in [0.3, 0.4) is 0 Å². The van der Waals surface area contributed by atoms with Gasteiger partial charge in [-0.1, -0.05) is 60.7 Å². The van der Waals surface area contributed by atoms with E-state index >= 15 is 0 Å². The number of benzene rings is 4. The highest BCUT2D eigenvalue weighted by atomic mass is 16.3. The molecular weight excluding hydrogens is 358 g/mol. The molecule has 0 unspecified atom stereocenters. The summed E-state index contributed by atoms with van der Waals surface area (Å²) in [6, 6.07) is 28.5. The standard InChI is InChI=1S/C25H15N3O/c1-2-7-17(8-3-1)24-26-15-27-25(28-24)18-11-13-22-21(14-18)20-12-10-16-6-4-5-9-19(16)23(20)29-22/h1-15H. The summed E-state index contributed by atoms with van der Waals surface area (Å²) in [5.74, 6) is 1.31. The van der Waals surface area contributed by atoms with Crippen molar-refractivity contribution in [3.63, 3.8) is 0 Å². The lowest BCUT2D eigenvalue weighted by atomic mass is 10.0. The Morgan fingerprint density at radius 1 is 0.586 bits per heavy atom. The van der Waals surface area contributed by atoms with Gasteiger partial charge in [0.2, 0.25) is 0 Å². The molecule has 29 heavy (non-hydrogen) atoms. The Morgan fingerprint density at radius 3 is 2.28 bits per heavy atom. The second-order valence-corrected chi connectivity index (χ2v) is 6.98. The van der Waals surface area contributed by atoms with E-state index in [1.54, 1.807) is 6.33 Å². The van der Waals surface area contributed by atoms with Crippen LogP contribution in [0.5, 0.6) is 0 Å². The quantitative estimate of drug-likeness (QED) is 0.359. The Bertz CT molecular complexity index is 1500. The largest absolute Gasteiger partial charge is 0.455 e. The molecule has 0 aliphatic rings. The van der Waals surface area contributed by atoms with Crippen LogP contribution < -0.4 is 0 Å². The van der Waals surface area contributed by atoms with Gasteiger partial charge >= 0.3 is 0 Å². The fraction of sp³-hybridized carbons (Fsp3) is 0. The number of rotatable bonds is 2. The minimum atomic E-state index is 0.649. The van der Waals surface area contributed by atoms with E-state index in [4.69, 9.17) is 4.42 Å². The molecule has 0 amide bonds. The molecular formula is C25H15N3O. The van der Waals surface area contributed by atoms with E-state index in [9.17, 15) is 0 Å². The first-order chi connectivity index (χ1) is 14.4. The van der Waals surface area contributed by atoms with Gasteiger partial charge in [0.1, 0.15) is 17.5 Å². The van der Waals surface area contributed by atoms with Gasteiger partial charge in [0.05, 0.1) is 0 Å². The Kier molecular flexibility index (Phi) is 3.43. The van der Waals surface area contributed by atoms with Gasteiger partial charge in [-0.3, -0.25) is 0 Å². The summed E-state index contributed by atoms with van der Waals surface area (Å²) < 4.78 is 6.20. The van der Waals surface area contributed by atoms with E-state index in [-0.39, 0.29) is 0 Å². The van der Waals surface area contributed by atoms with Crippen LogP contribution in [0.1, 0.15) is 0 Å². The SMILES string of the molecule is c1ccc(-c2ncnc(-c3ccc4oc5c6ccccc6ccc5c4c3)n2)cc1. The van der Waals surface area contributed by atoms with Gasteiger partial charge in [0.25, 0.3) is 0 Å². The summed E-state index contributed by atoms with van der Waals surface area (Å²) in [5.41, 5.74) is 3.68. The molecule has 0 spiro atoms. The van der Waals surface area contributed by atoms with E-state index in [0.29, 0.717) is 11.6 Å². The van der Waals surface area contributed by atoms with Gasteiger partial charge in [-0.25, -0.2) is 15.0 Å². The Hall–Kier alpha value is -4.05. The zero-order valence-electron chi connectivity index (χ0n) is 15.4. The predicted molar refractivity (Wildman–Crippen MR) is 115 cm³/mol. The molecule has 4 heteroatoms. The average Bonchev–Trinajstić information content (AvgIpc) is 3.18. The van der Waals surface area contributed by atoms with E-state index in [2.05, 4.69) is 45.3 Å². The van der Waals surface area contributed by atoms with Gasteiger partial charge < -0.3 is 4.42 Å². The highest BCUT2D eigenvalue weighted by Gasteiger charge is 2.13. The van der Waals surface area contributed by atoms with E-state index < -0.39 is 0 Å². The zero-order chi connectivity index (χ0) is 19.2. The maximum absolute atomic E-state index is 6.20. The topological polar surface area (TPSA) is 51.8 Å². The molecule has 0 N–H and O–H groups in total. The van der Waals surface area contributed by atoms with Crippen molar-refractivity contribution >= 4 is 32.7 Å². The van der Waals surface area contributed by atoms with Crippen LogP contribution in [0.4, 0.5) is 0 Å². The van der Waals surface area contributed by atoms with Crippen molar-refractivity contribution in [2.24, 2.45) is 0 Å². The van der Waals surface area contributed by atoms with Gasteiger partial charge in [0.15, 0.2) is 11.6 Å². The molecule has 0 radical (unpaired) electrons. The maximum Gasteiger partial charge on any atom is 0.163 e. The summed E-state index contributed by atoms with van der Waals surface area (Å²) >= 11 is 0. The van der Waals surface area contributed by atoms with Crippen LogP contribution >= 0.6 is 0 Å². The molecule has 0 aliphatic carbocycles. The molecule has 4 nitrogen and oxygen atoms in total. The predicted octanol–water partition coefficient (Wildman–Crippen LogP) is 6.26. The average molecular weight is 373 g/mol. The number of hydrogen-bond donors (Lipinski definition) is 0. The summed E-state index contributed by atoms with van der Waals surface area (Å²) in [6.45, 7) is 0. The fourth-order valence-electron chi connectivity index (χ4n) is 3.81. The monoisotopic (exact) mass is 373 g/mol. The Labute approximate surface area is 166 Å². The maximum atomic E-state index is 6.20. The molecule has 0 saturated heterocycles. The number of furan rings is 1. The van der Waals surface area contributed by atoms with Gasteiger partial charge in [-0.15, -0.1) is 0 Å². The van der Waals surface area contributed by atoms with Crippen LogP contribution in [0.2, 0.25) is 0 Å². The lowest BCUT2D eigenvalue weighted by Gasteiger charge is -2.03. The number of nitrogens with zero attached hydrogens (tertiary/aromatic N) is 3. The molecule has 0 aliphatic heterocycles. The molecule has 0 bridgehead atoms. The lowest BCUT2D eigenvalue weighted by molar-refractivity contribution is 0.672. The van der Waals surface area contributed by atoms with Gasteiger partial charge in [-0.2, -0.15) is 0 Å². The summed E-state index contributed by atoms with van der Waals surface area (Å²) in [4.78, 5) is 13.4. The highest BCUT2D eigenvalue weighted by molar-refractivity contribution is 6.15. The van der Waals surface area contributed by atoms with Crippen molar-refractivity contribution < 1.29 is 4.42 Å². The van der Waals surface area contributed by atoms with E-state index in [0.717, 1.165) is 38.5 Å². The number of aromatic nitrogens is 3. The Morgan fingerprint density at radius 2 is 1.38 bits per heavy atom. The molecule has 136 valence electrons. The van der Waals surface area contributed by atoms with E-state index in [1.807, 2.05) is 54.6 Å². The third kappa shape index (κ3) is 2.57. The molecule has 0 fully saturated rings. The lowest BCUT2D eigenvalue weighted by Crippen LogP contribution is -1.94. The van der Waals surface area contributed by atoms with Crippen molar-refractivity contribution in [1.82, 2.24) is 15.0 Å². The summed E-state index contributed by atoms with van der Waals surface area (Å²) in [7, 11) is 0. The summed E-state index contributed by atoms with van der Waals surface area (Å²) in [6.07, 6.45) is 1.57. The third-order valence-corrected chi connectivity index (χ3v) is 5.22. The molecule has 0 saturated carbocycles. The van der Waals surface area contributed by atoms with Crippen molar-refractivity contribution in [3.05, 3.63) is 91.3 Å². The Balaban J connectivity index is 1.54. The minimum Gasteiger partial charge on any atom is -0.455 e. The number of hydrogen-bond acceptors (Lipinski definition) is 4. The second-order valence-electron chi connectivity index (χ2n) is 6.98. The first-order valence-electron chi connectivity index (χ1n) is 9.46. The van der Waals surface area contributed by atoms with Crippen molar-refractivity contribution in [1.29, 1.82) is 0 Å². The van der Waals surface area contributed by atoms with Crippen LogP contribution in [-0.4, -0.2) is 15.0 Å². The normalized spacial score (nSPS) is 11.4. The highest BCUT2D eigenvalue weighted by Crippen LogP contribution is 2.35. The van der Waals surface area contributed by atoms with E-state index in [1.165, 1.54) is 5.39 Å². The molecule has 2 heterocycles. The van der Waals surface area contributed by atoms with Crippen LogP contribution in [0.15, 0.2) is 95.7 Å². The van der Waals surface area contributed by atoms with Crippen molar-refractivity contribution in [3.8, 4) is 22.8 Å².